The van der Waals surface area contributed by atoms with Gasteiger partial charge in [-0.25, -0.2) is 4.90 Å². The van der Waals surface area contributed by atoms with Crippen LogP contribution in [0.2, 0.25) is 0 Å². The predicted octanol–water partition coefficient (Wildman–Crippen LogP) is 3.89. The summed E-state index contributed by atoms with van der Waals surface area (Å²) in [5.41, 5.74) is 1.98. The quantitative estimate of drug-likeness (QED) is 0.356. The van der Waals surface area contributed by atoms with E-state index in [9.17, 15) is 14.4 Å². The summed E-state index contributed by atoms with van der Waals surface area (Å²) in [6.07, 6.45) is 8.34. The molecule has 2 bridgehead atoms. The Balaban J connectivity index is 1.39. The number of amides is 2. The molecule has 5 rings (SSSR count). The molecule has 3 aliphatic rings. The van der Waals surface area contributed by atoms with Gasteiger partial charge < -0.3 is 0 Å². The largest absolute Gasteiger partial charge is 0.289 e. The van der Waals surface area contributed by atoms with E-state index in [0.29, 0.717) is 11.3 Å². The minimum atomic E-state index is -0.207. The molecule has 0 N–H and O–H groups in total. The smallest absolute Gasteiger partial charge is 0.238 e. The Morgan fingerprint density at radius 3 is 2.25 bits per heavy atom. The van der Waals surface area contributed by atoms with Gasteiger partial charge in [0, 0.05) is 5.56 Å². The molecule has 2 aromatic carbocycles. The fraction of sp³-hybridized carbons (Fsp3) is 0.208. The van der Waals surface area contributed by atoms with E-state index in [2.05, 4.69) is 12.2 Å². The summed E-state index contributed by atoms with van der Waals surface area (Å²) in [6.45, 7) is 0. The van der Waals surface area contributed by atoms with Crippen molar-refractivity contribution in [1.82, 2.24) is 0 Å². The van der Waals surface area contributed by atoms with E-state index in [-0.39, 0.29) is 41.3 Å². The molecule has 0 aromatic heterocycles. The molecule has 0 radical (unpaired) electrons. The van der Waals surface area contributed by atoms with Crippen LogP contribution in [0, 0.1) is 23.7 Å². The van der Waals surface area contributed by atoms with Crippen molar-refractivity contribution >= 4 is 29.4 Å². The number of hydrogen-bond acceptors (Lipinski definition) is 3. The van der Waals surface area contributed by atoms with Gasteiger partial charge in [-0.1, -0.05) is 60.7 Å². The highest BCUT2D eigenvalue weighted by molar-refractivity contribution is 6.23. The summed E-state index contributed by atoms with van der Waals surface area (Å²) in [5.74, 6) is -0.285. The van der Waals surface area contributed by atoms with E-state index in [1.807, 2.05) is 30.3 Å². The molecule has 2 amide bonds. The van der Waals surface area contributed by atoms with E-state index in [4.69, 9.17) is 0 Å². The van der Waals surface area contributed by atoms with E-state index in [0.717, 1.165) is 12.0 Å². The van der Waals surface area contributed by atoms with Crippen LogP contribution >= 0.6 is 0 Å². The van der Waals surface area contributed by atoms with Crippen LogP contribution in [-0.2, 0) is 9.59 Å². The topological polar surface area (TPSA) is 54.5 Å². The van der Waals surface area contributed by atoms with E-state index < -0.39 is 0 Å². The maximum Gasteiger partial charge on any atom is 0.238 e. The fourth-order valence-electron chi connectivity index (χ4n) is 4.79. The van der Waals surface area contributed by atoms with E-state index >= 15 is 0 Å². The number of nitrogens with zero attached hydrogens (tertiary/aromatic N) is 1. The maximum atomic E-state index is 12.9. The Labute approximate surface area is 163 Å². The number of fused-ring (bicyclic) bond motifs is 5. The van der Waals surface area contributed by atoms with Crippen molar-refractivity contribution in [2.45, 2.75) is 6.42 Å². The monoisotopic (exact) mass is 369 g/mol. The molecule has 2 fully saturated rings. The molecule has 4 nitrogen and oxygen atoms in total. The first-order chi connectivity index (χ1) is 13.6. The van der Waals surface area contributed by atoms with Gasteiger partial charge in [0.1, 0.15) is 0 Å². The lowest BCUT2D eigenvalue weighted by atomic mass is 9.85. The zero-order valence-electron chi connectivity index (χ0n) is 15.2. The summed E-state index contributed by atoms with van der Waals surface area (Å²) in [5, 5.41) is 0. The summed E-state index contributed by atoms with van der Waals surface area (Å²) in [6, 6.07) is 16.3. The maximum absolute atomic E-state index is 12.9. The predicted molar refractivity (Wildman–Crippen MR) is 106 cm³/mol. The molecule has 28 heavy (non-hydrogen) atoms. The normalized spacial score (nSPS) is 27.8. The summed E-state index contributed by atoms with van der Waals surface area (Å²) in [4.78, 5) is 39.5. The molecule has 4 heteroatoms. The Hall–Kier alpha value is -3.27. The summed E-state index contributed by atoms with van der Waals surface area (Å²) >= 11 is 0. The van der Waals surface area contributed by atoms with Crippen molar-refractivity contribution in [3.63, 3.8) is 0 Å². The third kappa shape index (κ3) is 2.56. The molecule has 2 aromatic rings. The zero-order chi connectivity index (χ0) is 19.3. The van der Waals surface area contributed by atoms with Gasteiger partial charge in [-0.05, 0) is 42.0 Å². The average Bonchev–Trinajstić information content (AvgIpc) is 3.41. The first-order valence-corrected chi connectivity index (χ1v) is 9.57. The number of carbonyl (C=O) groups is 3. The lowest BCUT2D eigenvalue weighted by Crippen LogP contribution is -2.32. The molecule has 0 unspecified atom stereocenters. The Morgan fingerprint density at radius 1 is 0.893 bits per heavy atom. The van der Waals surface area contributed by atoms with Crippen LogP contribution in [0.5, 0.6) is 0 Å². The van der Waals surface area contributed by atoms with Gasteiger partial charge in [-0.3, -0.25) is 14.4 Å². The van der Waals surface area contributed by atoms with Crippen LogP contribution in [0.3, 0.4) is 0 Å². The summed E-state index contributed by atoms with van der Waals surface area (Å²) < 4.78 is 0. The van der Waals surface area contributed by atoms with Crippen LogP contribution in [-0.4, -0.2) is 17.6 Å². The van der Waals surface area contributed by atoms with Crippen molar-refractivity contribution in [1.29, 1.82) is 0 Å². The first kappa shape index (κ1) is 16.9. The van der Waals surface area contributed by atoms with Crippen molar-refractivity contribution < 1.29 is 14.4 Å². The molecule has 1 saturated heterocycles. The van der Waals surface area contributed by atoms with Gasteiger partial charge >= 0.3 is 0 Å². The fourth-order valence-corrected chi connectivity index (χ4v) is 4.79. The Bertz CT molecular complexity index is 1010. The Kier molecular flexibility index (Phi) is 3.86. The molecular formula is C24H19NO3. The minimum Gasteiger partial charge on any atom is -0.289 e. The lowest BCUT2D eigenvalue weighted by Gasteiger charge is -2.17. The molecule has 1 saturated carbocycles. The molecule has 138 valence electrons. The lowest BCUT2D eigenvalue weighted by molar-refractivity contribution is -0.123. The third-order valence-electron chi connectivity index (χ3n) is 6.08. The molecule has 0 spiro atoms. The number of hydrogen-bond donors (Lipinski definition) is 0. The van der Waals surface area contributed by atoms with Gasteiger partial charge in [-0.15, -0.1) is 0 Å². The van der Waals surface area contributed by atoms with Gasteiger partial charge in [0.15, 0.2) is 5.78 Å². The first-order valence-electron chi connectivity index (χ1n) is 9.57. The highest BCUT2D eigenvalue weighted by atomic mass is 16.2. The van der Waals surface area contributed by atoms with Crippen LogP contribution in [0.1, 0.15) is 22.3 Å². The number of ketones is 1. The molecule has 1 heterocycles. The van der Waals surface area contributed by atoms with Crippen molar-refractivity contribution in [3.05, 3.63) is 84.0 Å². The minimum absolute atomic E-state index is 0.0866. The van der Waals surface area contributed by atoms with Gasteiger partial charge in [0.25, 0.3) is 0 Å². The van der Waals surface area contributed by atoms with Crippen LogP contribution in [0.4, 0.5) is 5.69 Å². The number of allylic oxidation sites excluding steroid dienone is 3. The number of benzene rings is 2. The van der Waals surface area contributed by atoms with Crippen molar-refractivity contribution in [2.24, 2.45) is 23.7 Å². The van der Waals surface area contributed by atoms with E-state index in [1.165, 1.54) is 11.0 Å². The number of rotatable bonds is 4. The number of carbonyl (C=O) groups excluding carboxylic acids is 3. The van der Waals surface area contributed by atoms with E-state index in [1.54, 1.807) is 30.3 Å². The summed E-state index contributed by atoms with van der Waals surface area (Å²) in [7, 11) is 0. The standard InChI is InChI=1S/C24H19NO3/c26-20(16-6-2-1-3-7-16)12-9-15-5-4-8-19(13-15)25-23(27)21-17-10-11-18(14-17)22(21)24(25)28/h1-13,17-18,21-22H,14H2/b12-9-/t17-,18+,21-,22-/m0/s1. The second-order valence-corrected chi connectivity index (χ2v) is 7.67. The molecular weight excluding hydrogens is 350 g/mol. The highest BCUT2D eigenvalue weighted by Gasteiger charge is 2.59. The van der Waals surface area contributed by atoms with Gasteiger partial charge in [0.2, 0.25) is 11.8 Å². The van der Waals surface area contributed by atoms with Crippen LogP contribution in [0.15, 0.2) is 72.8 Å². The Morgan fingerprint density at radius 2 is 1.57 bits per heavy atom. The number of anilines is 1. The van der Waals surface area contributed by atoms with Crippen LogP contribution < -0.4 is 4.90 Å². The second-order valence-electron chi connectivity index (χ2n) is 7.67. The molecule has 2 aliphatic carbocycles. The SMILES string of the molecule is O=C(/C=C\c1cccc(N2C(=O)[C@@H]3[C@@H](C2=O)[C@H]2C=C[C@@H]3C2)c1)c1ccccc1. The highest BCUT2D eigenvalue weighted by Crippen LogP contribution is 2.53. The molecule has 4 atom stereocenters. The van der Waals surface area contributed by atoms with Crippen molar-refractivity contribution in [3.8, 4) is 0 Å². The molecule has 1 aliphatic heterocycles. The second kappa shape index (κ2) is 6.41. The van der Waals surface area contributed by atoms with Crippen molar-refractivity contribution in [2.75, 3.05) is 4.90 Å². The van der Waals surface area contributed by atoms with Gasteiger partial charge in [-0.2, -0.15) is 0 Å². The van der Waals surface area contributed by atoms with Gasteiger partial charge in [0.05, 0.1) is 17.5 Å². The average molecular weight is 369 g/mol. The van der Waals surface area contributed by atoms with Crippen LogP contribution in [0.25, 0.3) is 6.08 Å². The number of imide groups is 1. The zero-order valence-corrected chi connectivity index (χ0v) is 15.2. The third-order valence-corrected chi connectivity index (χ3v) is 6.08.